The highest BCUT2D eigenvalue weighted by Crippen LogP contribution is 2.34. The van der Waals surface area contributed by atoms with E-state index >= 15 is 0 Å². The summed E-state index contributed by atoms with van der Waals surface area (Å²) in [6.45, 7) is 7.17. The molecule has 1 aromatic carbocycles. The standard InChI is InChI=1S/C25H29F3N4O4/c1-15-13-18(14-29-20(15)31-23(35)36-24(2,3)4)30-21(33)22(34)32-12-6-5-7-19(32)16-8-10-17(11-9-16)25(26,27)28/h8-11,13-14,19H,5-7,12H2,1-4H3,(H,30,33)(H,29,31,35)/t19-/m0/s1. The van der Waals surface area contributed by atoms with Crippen LogP contribution in [0.5, 0.6) is 0 Å². The predicted octanol–water partition coefficient (Wildman–Crippen LogP) is 5.45. The van der Waals surface area contributed by atoms with Crippen molar-refractivity contribution < 1.29 is 32.3 Å². The summed E-state index contributed by atoms with van der Waals surface area (Å²) in [6, 6.07) is 5.71. The number of hydrogen-bond donors (Lipinski definition) is 2. The van der Waals surface area contributed by atoms with E-state index in [4.69, 9.17) is 4.74 Å². The van der Waals surface area contributed by atoms with Gasteiger partial charge in [0.15, 0.2) is 0 Å². The topological polar surface area (TPSA) is 101 Å². The Kier molecular flexibility index (Phi) is 7.90. The van der Waals surface area contributed by atoms with Crippen LogP contribution < -0.4 is 10.6 Å². The number of hydrogen-bond acceptors (Lipinski definition) is 5. The van der Waals surface area contributed by atoms with Gasteiger partial charge >= 0.3 is 24.1 Å². The fourth-order valence-electron chi connectivity index (χ4n) is 3.90. The molecule has 1 atom stereocenters. The number of alkyl halides is 3. The van der Waals surface area contributed by atoms with Crippen LogP contribution in [0.3, 0.4) is 0 Å². The lowest BCUT2D eigenvalue weighted by Gasteiger charge is -2.35. The number of likely N-dealkylation sites (tertiary alicyclic amines) is 1. The molecule has 2 N–H and O–H groups in total. The number of benzene rings is 1. The number of ether oxygens (including phenoxy) is 1. The zero-order valence-electron chi connectivity index (χ0n) is 20.5. The molecule has 11 heteroatoms. The molecule has 1 aliphatic rings. The fraction of sp³-hybridized carbons (Fsp3) is 0.440. The van der Waals surface area contributed by atoms with Crippen molar-refractivity contribution in [1.82, 2.24) is 9.88 Å². The molecular weight excluding hydrogens is 477 g/mol. The lowest BCUT2D eigenvalue weighted by Crippen LogP contribution is -2.44. The van der Waals surface area contributed by atoms with Gasteiger partial charge in [0.25, 0.3) is 0 Å². The van der Waals surface area contributed by atoms with Gasteiger partial charge in [-0.2, -0.15) is 13.2 Å². The maximum Gasteiger partial charge on any atom is 0.416 e. The van der Waals surface area contributed by atoms with Gasteiger partial charge in [-0.3, -0.25) is 14.9 Å². The molecule has 1 fully saturated rings. The lowest BCUT2D eigenvalue weighted by molar-refractivity contribution is -0.145. The summed E-state index contributed by atoms with van der Waals surface area (Å²) in [5.74, 6) is -1.43. The van der Waals surface area contributed by atoms with Crippen molar-refractivity contribution in [3.8, 4) is 0 Å². The summed E-state index contributed by atoms with van der Waals surface area (Å²) in [4.78, 5) is 43.2. The second-order valence-electron chi connectivity index (χ2n) is 9.60. The number of carbonyl (C=O) groups is 3. The van der Waals surface area contributed by atoms with Crippen LogP contribution >= 0.6 is 0 Å². The summed E-state index contributed by atoms with van der Waals surface area (Å²) in [7, 11) is 0. The Bertz CT molecular complexity index is 1130. The number of aromatic nitrogens is 1. The van der Waals surface area contributed by atoms with Gasteiger partial charge in [-0.25, -0.2) is 9.78 Å². The summed E-state index contributed by atoms with van der Waals surface area (Å²) in [6.07, 6.45) is -1.83. The van der Waals surface area contributed by atoms with E-state index in [0.717, 1.165) is 18.6 Å². The number of aryl methyl sites for hydroxylation is 1. The van der Waals surface area contributed by atoms with Gasteiger partial charge in [0.2, 0.25) is 0 Å². The third-order valence-electron chi connectivity index (χ3n) is 5.54. The quantitative estimate of drug-likeness (QED) is 0.540. The van der Waals surface area contributed by atoms with Crippen molar-refractivity contribution in [3.63, 3.8) is 0 Å². The van der Waals surface area contributed by atoms with Gasteiger partial charge in [0.05, 0.1) is 23.5 Å². The minimum absolute atomic E-state index is 0.243. The van der Waals surface area contributed by atoms with Crippen LogP contribution in [-0.2, 0) is 20.5 Å². The van der Waals surface area contributed by atoms with Crippen LogP contribution in [0.25, 0.3) is 0 Å². The molecule has 0 aliphatic carbocycles. The van der Waals surface area contributed by atoms with Gasteiger partial charge < -0.3 is 15.0 Å². The normalized spacial score (nSPS) is 16.3. The first kappa shape index (κ1) is 27.0. The van der Waals surface area contributed by atoms with Crippen LogP contribution in [0, 0.1) is 6.92 Å². The largest absolute Gasteiger partial charge is 0.444 e. The molecule has 36 heavy (non-hydrogen) atoms. The average molecular weight is 507 g/mol. The van der Waals surface area contributed by atoms with Crippen molar-refractivity contribution in [2.45, 2.75) is 64.8 Å². The number of halogens is 3. The Hall–Kier alpha value is -3.63. The van der Waals surface area contributed by atoms with Gasteiger partial charge in [-0.1, -0.05) is 12.1 Å². The lowest BCUT2D eigenvalue weighted by atomic mass is 9.94. The van der Waals surface area contributed by atoms with Gasteiger partial charge in [-0.15, -0.1) is 0 Å². The molecule has 2 aromatic rings. The van der Waals surface area contributed by atoms with Gasteiger partial charge in [-0.05, 0) is 76.3 Å². The molecule has 0 spiro atoms. The molecule has 194 valence electrons. The van der Waals surface area contributed by atoms with Crippen LogP contribution in [0.15, 0.2) is 36.5 Å². The predicted molar refractivity (Wildman–Crippen MR) is 127 cm³/mol. The molecule has 3 rings (SSSR count). The minimum atomic E-state index is -4.45. The SMILES string of the molecule is Cc1cc(NC(=O)C(=O)N2CCCC[C@H]2c2ccc(C(F)(F)F)cc2)cnc1NC(=O)OC(C)(C)C. The molecule has 0 bridgehead atoms. The van der Waals surface area contributed by atoms with Crippen LogP contribution in [0.1, 0.15) is 62.8 Å². The van der Waals surface area contributed by atoms with Crippen molar-refractivity contribution in [2.75, 3.05) is 17.2 Å². The van der Waals surface area contributed by atoms with Crippen LogP contribution in [0.2, 0.25) is 0 Å². The Morgan fingerprint density at radius 2 is 1.72 bits per heavy atom. The molecular formula is C25H29F3N4O4. The number of piperidine rings is 1. The highest BCUT2D eigenvalue weighted by atomic mass is 19.4. The van der Waals surface area contributed by atoms with Gasteiger partial charge in [0.1, 0.15) is 11.4 Å². The molecule has 3 amide bonds. The Morgan fingerprint density at radius 3 is 2.31 bits per heavy atom. The smallest absolute Gasteiger partial charge is 0.416 e. The number of carbonyl (C=O) groups excluding carboxylic acids is 3. The maximum atomic E-state index is 13.0. The average Bonchev–Trinajstić information content (AvgIpc) is 2.78. The van der Waals surface area contributed by atoms with E-state index in [2.05, 4.69) is 15.6 Å². The number of pyridine rings is 1. The number of nitrogens with zero attached hydrogens (tertiary/aromatic N) is 2. The van der Waals surface area contributed by atoms with Crippen molar-refractivity contribution in [3.05, 3.63) is 53.2 Å². The first-order chi connectivity index (χ1) is 16.7. The van der Waals surface area contributed by atoms with Crippen molar-refractivity contribution in [2.24, 2.45) is 0 Å². The molecule has 0 unspecified atom stereocenters. The molecule has 0 radical (unpaired) electrons. The Morgan fingerprint density at radius 1 is 1.06 bits per heavy atom. The number of anilines is 2. The summed E-state index contributed by atoms with van der Waals surface area (Å²) >= 11 is 0. The summed E-state index contributed by atoms with van der Waals surface area (Å²) in [5.41, 5.74) is -0.127. The molecule has 1 aromatic heterocycles. The molecule has 1 saturated heterocycles. The zero-order chi connectivity index (χ0) is 26.7. The van der Waals surface area contributed by atoms with Crippen LogP contribution in [-0.4, -0.2) is 39.9 Å². The van der Waals surface area contributed by atoms with E-state index in [9.17, 15) is 27.6 Å². The van der Waals surface area contributed by atoms with E-state index in [1.165, 1.54) is 23.2 Å². The third kappa shape index (κ3) is 6.96. The Labute approximate surface area is 207 Å². The maximum absolute atomic E-state index is 13.0. The Balaban J connectivity index is 1.68. The highest BCUT2D eigenvalue weighted by molar-refractivity contribution is 6.39. The van der Waals surface area contributed by atoms with E-state index in [-0.39, 0.29) is 11.5 Å². The molecule has 8 nitrogen and oxygen atoms in total. The van der Waals surface area contributed by atoms with Gasteiger partial charge in [0, 0.05) is 6.54 Å². The monoisotopic (exact) mass is 506 g/mol. The van der Waals surface area contributed by atoms with Crippen LogP contribution in [0.4, 0.5) is 29.5 Å². The summed E-state index contributed by atoms with van der Waals surface area (Å²) in [5, 5.41) is 5.04. The zero-order valence-corrected chi connectivity index (χ0v) is 20.5. The van der Waals surface area contributed by atoms with E-state index < -0.39 is 41.3 Å². The van der Waals surface area contributed by atoms with Crippen molar-refractivity contribution >= 4 is 29.4 Å². The highest BCUT2D eigenvalue weighted by Gasteiger charge is 2.34. The van der Waals surface area contributed by atoms with E-state index in [1.807, 2.05) is 0 Å². The number of rotatable bonds is 3. The third-order valence-corrected chi connectivity index (χ3v) is 5.54. The first-order valence-electron chi connectivity index (χ1n) is 11.5. The second-order valence-corrected chi connectivity index (χ2v) is 9.60. The van der Waals surface area contributed by atoms with E-state index in [1.54, 1.807) is 33.8 Å². The molecule has 0 saturated carbocycles. The number of amides is 3. The molecule has 1 aliphatic heterocycles. The second kappa shape index (κ2) is 10.5. The minimum Gasteiger partial charge on any atom is -0.444 e. The first-order valence-corrected chi connectivity index (χ1v) is 11.5. The number of nitrogens with one attached hydrogen (secondary N) is 2. The summed E-state index contributed by atoms with van der Waals surface area (Å²) < 4.78 is 43.9. The molecule has 2 heterocycles. The fourth-order valence-corrected chi connectivity index (χ4v) is 3.90. The van der Waals surface area contributed by atoms with E-state index in [0.29, 0.717) is 30.5 Å². The van der Waals surface area contributed by atoms with Crippen molar-refractivity contribution in [1.29, 1.82) is 0 Å².